The largest absolute Gasteiger partial charge is 0.322 e. The van der Waals surface area contributed by atoms with Crippen molar-refractivity contribution in [1.29, 1.82) is 0 Å². The fourth-order valence-electron chi connectivity index (χ4n) is 3.06. The van der Waals surface area contributed by atoms with E-state index in [9.17, 15) is 14.0 Å². The first kappa shape index (κ1) is 20.1. The molecule has 26 heavy (non-hydrogen) atoms. The summed E-state index contributed by atoms with van der Waals surface area (Å²) in [6.45, 7) is 1.86. The van der Waals surface area contributed by atoms with E-state index in [0.717, 1.165) is 25.9 Å². The van der Waals surface area contributed by atoms with E-state index in [0.29, 0.717) is 16.8 Å². The second-order valence-corrected chi connectivity index (χ2v) is 6.48. The number of hydrogen-bond donors (Lipinski definition) is 1. The summed E-state index contributed by atoms with van der Waals surface area (Å²) in [7, 11) is 2.06. The van der Waals surface area contributed by atoms with Gasteiger partial charge < -0.3 is 10.2 Å². The van der Waals surface area contributed by atoms with Crippen molar-refractivity contribution in [3.63, 3.8) is 0 Å². The molecule has 1 N–H and O–H groups in total. The molecule has 6 heteroatoms. The summed E-state index contributed by atoms with van der Waals surface area (Å²) in [6.07, 6.45) is 1.73. The third-order valence-electron chi connectivity index (χ3n) is 4.60. The Labute approximate surface area is 158 Å². The van der Waals surface area contributed by atoms with E-state index in [1.54, 1.807) is 24.3 Å². The van der Waals surface area contributed by atoms with Crippen LogP contribution < -0.4 is 5.32 Å². The van der Waals surface area contributed by atoms with Crippen LogP contribution in [0.2, 0.25) is 0 Å². The molecule has 0 atom stereocenters. The van der Waals surface area contributed by atoms with Gasteiger partial charge in [-0.1, -0.05) is 12.1 Å². The lowest BCUT2D eigenvalue weighted by molar-refractivity contribution is 0.0856. The molecule has 2 aromatic carbocycles. The highest BCUT2D eigenvalue weighted by molar-refractivity contribution is 6.05. The number of hydrogen-bond acceptors (Lipinski definition) is 3. The van der Waals surface area contributed by atoms with Gasteiger partial charge in [0.1, 0.15) is 5.82 Å². The third kappa shape index (κ3) is 4.90. The summed E-state index contributed by atoms with van der Waals surface area (Å²) in [6, 6.07) is 12.4. The molecule has 1 saturated heterocycles. The Bertz CT molecular complexity index is 772. The van der Waals surface area contributed by atoms with Gasteiger partial charge in [-0.25, -0.2) is 4.39 Å². The van der Waals surface area contributed by atoms with Crippen molar-refractivity contribution >= 4 is 29.8 Å². The maximum Gasteiger partial charge on any atom is 0.255 e. The average Bonchev–Trinajstić information content (AvgIpc) is 2.62. The van der Waals surface area contributed by atoms with Crippen molar-refractivity contribution in [3.05, 3.63) is 65.5 Å². The van der Waals surface area contributed by atoms with E-state index < -0.39 is 0 Å². The van der Waals surface area contributed by atoms with Gasteiger partial charge in [-0.15, -0.1) is 12.4 Å². The molecule has 1 aliphatic heterocycles. The zero-order valence-corrected chi connectivity index (χ0v) is 15.4. The molecule has 0 aliphatic carbocycles. The highest BCUT2D eigenvalue weighted by Gasteiger charge is 2.24. The number of piperidine rings is 1. The Morgan fingerprint density at radius 3 is 2.35 bits per heavy atom. The molecule has 0 radical (unpaired) electrons. The van der Waals surface area contributed by atoms with E-state index in [1.165, 1.54) is 24.3 Å². The normalized spacial score (nSPS) is 15.2. The Morgan fingerprint density at radius 1 is 1.04 bits per heavy atom. The molecule has 0 spiro atoms. The SMILES string of the molecule is CN1CCC(C(=O)c2cccc(NC(=O)c3ccc(F)cc3)c2)CC1.Cl. The maximum atomic E-state index is 12.9. The number of anilines is 1. The molecule has 0 bridgehead atoms. The Balaban J connectivity index is 0.00000243. The van der Waals surface area contributed by atoms with Crippen LogP contribution in [-0.4, -0.2) is 36.7 Å². The van der Waals surface area contributed by atoms with Crippen molar-refractivity contribution in [2.24, 2.45) is 5.92 Å². The summed E-state index contributed by atoms with van der Waals surface area (Å²) >= 11 is 0. The van der Waals surface area contributed by atoms with Gasteiger partial charge in [0, 0.05) is 22.7 Å². The molecule has 1 aliphatic rings. The number of benzene rings is 2. The molecular formula is C20H22ClFN2O2. The number of halogens is 2. The van der Waals surface area contributed by atoms with Crippen LogP contribution in [0.3, 0.4) is 0 Å². The summed E-state index contributed by atoms with van der Waals surface area (Å²) in [4.78, 5) is 27.1. The maximum absolute atomic E-state index is 12.9. The van der Waals surface area contributed by atoms with E-state index in [2.05, 4.69) is 17.3 Å². The zero-order chi connectivity index (χ0) is 17.8. The Hall–Kier alpha value is -2.24. The fourth-order valence-corrected chi connectivity index (χ4v) is 3.06. The number of carbonyl (C=O) groups is 2. The third-order valence-corrected chi connectivity index (χ3v) is 4.60. The van der Waals surface area contributed by atoms with Gasteiger partial charge in [0.2, 0.25) is 0 Å². The van der Waals surface area contributed by atoms with Crippen molar-refractivity contribution < 1.29 is 14.0 Å². The molecule has 0 unspecified atom stereocenters. The number of nitrogens with zero attached hydrogens (tertiary/aromatic N) is 1. The van der Waals surface area contributed by atoms with Crippen LogP contribution in [0.15, 0.2) is 48.5 Å². The molecule has 1 amide bonds. The van der Waals surface area contributed by atoms with Gasteiger partial charge in [0.25, 0.3) is 5.91 Å². The standard InChI is InChI=1S/C20H21FN2O2.ClH/c1-23-11-9-14(10-12-23)19(24)16-3-2-4-18(13-16)22-20(25)15-5-7-17(21)8-6-15;/h2-8,13-14H,9-12H2,1H3,(H,22,25);1H. The monoisotopic (exact) mass is 376 g/mol. The average molecular weight is 377 g/mol. The number of ketones is 1. The van der Waals surface area contributed by atoms with Crippen LogP contribution >= 0.6 is 12.4 Å². The van der Waals surface area contributed by atoms with Gasteiger partial charge in [-0.2, -0.15) is 0 Å². The Kier molecular flexibility index (Phi) is 6.89. The second kappa shape index (κ2) is 8.92. The lowest BCUT2D eigenvalue weighted by Gasteiger charge is -2.28. The highest BCUT2D eigenvalue weighted by Crippen LogP contribution is 2.22. The second-order valence-electron chi connectivity index (χ2n) is 6.48. The first-order chi connectivity index (χ1) is 12.0. The number of amides is 1. The predicted octanol–water partition coefficient (Wildman–Crippen LogP) is 4.02. The lowest BCUT2D eigenvalue weighted by Crippen LogP contribution is -2.33. The minimum atomic E-state index is -0.387. The number of nitrogens with one attached hydrogen (secondary N) is 1. The summed E-state index contributed by atoms with van der Waals surface area (Å²) < 4.78 is 12.9. The van der Waals surface area contributed by atoms with E-state index in [1.807, 2.05) is 0 Å². The topological polar surface area (TPSA) is 49.4 Å². The molecule has 138 valence electrons. The molecule has 1 fully saturated rings. The number of likely N-dealkylation sites (tertiary alicyclic amines) is 1. The lowest BCUT2D eigenvalue weighted by atomic mass is 9.89. The van der Waals surface area contributed by atoms with Gasteiger partial charge in [-0.05, 0) is 69.4 Å². The van der Waals surface area contributed by atoms with Crippen molar-refractivity contribution in [3.8, 4) is 0 Å². The van der Waals surface area contributed by atoms with Gasteiger partial charge >= 0.3 is 0 Å². The number of Topliss-reactive ketones (excluding diaryl/α,β-unsaturated/α-hetero) is 1. The first-order valence-electron chi connectivity index (χ1n) is 8.42. The molecule has 0 aromatic heterocycles. The van der Waals surface area contributed by atoms with E-state index >= 15 is 0 Å². The highest BCUT2D eigenvalue weighted by atomic mass is 35.5. The van der Waals surface area contributed by atoms with Crippen LogP contribution in [-0.2, 0) is 0 Å². The quantitative estimate of drug-likeness (QED) is 0.820. The van der Waals surface area contributed by atoms with Gasteiger partial charge in [0.15, 0.2) is 5.78 Å². The van der Waals surface area contributed by atoms with Crippen LogP contribution in [0.5, 0.6) is 0 Å². The molecule has 0 saturated carbocycles. The molecular weight excluding hydrogens is 355 g/mol. The van der Waals surface area contributed by atoms with Crippen LogP contribution in [0.1, 0.15) is 33.6 Å². The summed E-state index contributed by atoms with van der Waals surface area (Å²) in [5.41, 5.74) is 1.55. The predicted molar refractivity (Wildman–Crippen MR) is 103 cm³/mol. The van der Waals surface area contributed by atoms with Crippen LogP contribution in [0.25, 0.3) is 0 Å². The first-order valence-corrected chi connectivity index (χ1v) is 8.42. The van der Waals surface area contributed by atoms with Crippen LogP contribution in [0.4, 0.5) is 10.1 Å². The molecule has 2 aromatic rings. The smallest absolute Gasteiger partial charge is 0.255 e. The van der Waals surface area contributed by atoms with Crippen molar-refractivity contribution in [2.75, 3.05) is 25.5 Å². The number of rotatable bonds is 4. The van der Waals surface area contributed by atoms with E-state index in [-0.39, 0.29) is 35.8 Å². The number of carbonyl (C=O) groups excluding carboxylic acids is 2. The van der Waals surface area contributed by atoms with Crippen molar-refractivity contribution in [2.45, 2.75) is 12.8 Å². The van der Waals surface area contributed by atoms with Gasteiger partial charge in [0.05, 0.1) is 0 Å². The summed E-state index contributed by atoms with van der Waals surface area (Å²) in [5.74, 6) is -0.545. The fraction of sp³-hybridized carbons (Fsp3) is 0.300. The minimum absolute atomic E-state index is 0. The molecule has 1 heterocycles. The Morgan fingerprint density at radius 2 is 1.69 bits per heavy atom. The zero-order valence-electron chi connectivity index (χ0n) is 14.6. The summed E-state index contributed by atoms with van der Waals surface area (Å²) in [5, 5.41) is 2.76. The van der Waals surface area contributed by atoms with Gasteiger partial charge in [-0.3, -0.25) is 9.59 Å². The molecule has 4 nitrogen and oxygen atoms in total. The minimum Gasteiger partial charge on any atom is -0.322 e. The van der Waals surface area contributed by atoms with Crippen LogP contribution in [0, 0.1) is 11.7 Å². The van der Waals surface area contributed by atoms with Crippen molar-refractivity contribution in [1.82, 2.24) is 4.90 Å². The molecule has 3 rings (SSSR count). The van der Waals surface area contributed by atoms with E-state index in [4.69, 9.17) is 0 Å².